The van der Waals surface area contributed by atoms with Crippen LogP contribution in [0.25, 0.3) is 11.0 Å². The van der Waals surface area contributed by atoms with Crippen molar-refractivity contribution in [3.05, 3.63) is 114 Å². The van der Waals surface area contributed by atoms with E-state index in [0.29, 0.717) is 13.2 Å². The van der Waals surface area contributed by atoms with Gasteiger partial charge in [0.15, 0.2) is 0 Å². The largest absolute Gasteiger partial charge is 0.486 e. The Morgan fingerprint density at radius 3 is 2.43 bits per heavy atom. The normalized spacial score (nSPS) is 13.1. The second-order valence-electron chi connectivity index (χ2n) is 8.69. The molecular weight excluding hydrogens is 441 g/mol. The molecule has 6 nitrogen and oxygen atoms in total. The van der Waals surface area contributed by atoms with Crippen molar-refractivity contribution in [3.8, 4) is 5.75 Å². The predicted molar refractivity (Wildman–Crippen MR) is 134 cm³/mol. The first-order valence-corrected chi connectivity index (χ1v) is 11.7. The number of aromatic nitrogens is 4. The molecule has 5 aromatic rings. The average Bonchev–Trinajstić information content (AvgIpc) is 3.49. The number of benzene rings is 3. The highest BCUT2D eigenvalue weighted by atomic mass is 19.1. The van der Waals surface area contributed by atoms with Crippen LogP contribution in [0.1, 0.15) is 36.0 Å². The van der Waals surface area contributed by atoms with Crippen LogP contribution in [0.4, 0.5) is 4.39 Å². The minimum Gasteiger partial charge on any atom is -0.486 e. The van der Waals surface area contributed by atoms with Gasteiger partial charge < -0.3 is 19.2 Å². The summed E-state index contributed by atoms with van der Waals surface area (Å²) in [6.07, 6.45) is 5.53. The Morgan fingerprint density at radius 1 is 0.943 bits per heavy atom. The quantitative estimate of drug-likeness (QED) is 0.306. The summed E-state index contributed by atoms with van der Waals surface area (Å²) in [5.74, 6) is 1.43. The zero-order valence-electron chi connectivity index (χ0n) is 19.8. The Hall–Kier alpha value is -3.97. The summed E-state index contributed by atoms with van der Waals surface area (Å²) in [7, 11) is 1.95. The summed E-state index contributed by atoms with van der Waals surface area (Å²) in [5.41, 5.74) is 4.19. The van der Waals surface area contributed by atoms with Crippen LogP contribution >= 0.6 is 0 Å². The molecule has 2 atom stereocenters. The smallest absolute Gasteiger partial charge is 0.146 e. The predicted octanol–water partition coefficient (Wildman–Crippen LogP) is 5.58. The molecule has 0 radical (unpaired) electrons. The van der Waals surface area contributed by atoms with E-state index in [0.717, 1.165) is 33.7 Å². The molecule has 178 valence electrons. The number of imidazole rings is 2. The fourth-order valence-corrected chi connectivity index (χ4v) is 4.24. The second kappa shape index (κ2) is 10.1. The molecule has 0 fully saturated rings. The Morgan fingerprint density at radius 2 is 1.69 bits per heavy atom. The molecule has 0 aliphatic rings. The number of rotatable bonds is 9. The number of aryl methyl sites for hydroxylation is 1. The van der Waals surface area contributed by atoms with Crippen LogP contribution in [0.3, 0.4) is 0 Å². The fourth-order valence-electron chi connectivity index (χ4n) is 4.24. The number of nitrogens with one attached hydrogen (secondary N) is 1. The summed E-state index contributed by atoms with van der Waals surface area (Å²) >= 11 is 0. The van der Waals surface area contributed by atoms with E-state index in [9.17, 15) is 4.39 Å². The van der Waals surface area contributed by atoms with Gasteiger partial charge in [0, 0.05) is 32.0 Å². The van der Waals surface area contributed by atoms with Crippen molar-refractivity contribution >= 4 is 11.0 Å². The van der Waals surface area contributed by atoms with E-state index in [1.807, 2.05) is 66.6 Å². The highest BCUT2D eigenvalue weighted by Gasteiger charge is 2.18. The van der Waals surface area contributed by atoms with Crippen LogP contribution in [-0.4, -0.2) is 19.1 Å². The van der Waals surface area contributed by atoms with Crippen molar-refractivity contribution in [1.29, 1.82) is 0 Å². The summed E-state index contributed by atoms with van der Waals surface area (Å²) < 4.78 is 23.6. The van der Waals surface area contributed by atoms with Gasteiger partial charge in [-0.05, 0) is 54.4 Å². The van der Waals surface area contributed by atoms with Gasteiger partial charge in [-0.25, -0.2) is 14.4 Å². The van der Waals surface area contributed by atoms with Gasteiger partial charge in [0.1, 0.15) is 24.0 Å². The third-order valence-electron chi connectivity index (χ3n) is 6.30. The first kappa shape index (κ1) is 22.8. The van der Waals surface area contributed by atoms with Crippen molar-refractivity contribution in [2.45, 2.75) is 32.2 Å². The maximum Gasteiger partial charge on any atom is 0.146 e. The molecular formula is C28H28FN5O. The van der Waals surface area contributed by atoms with E-state index in [1.54, 1.807) is 6.20 Å². The molecule has 2 heterocycles. The van der Waals surface area contributed by atoms with Gasteiger partial charge >= 0.3 is 0 Å². The van der Waals surface area contributed by atoms with Crippen LogP contribution in [0.5, 0.6) is 5.75 Å². The number of hydrogen-bond donors (Lipinski definition) is 1. The van der Waals surface area contributed by atoms with E-state index in [4.69, 9.17) is 4.74 Å². The topological polar surface area (TPSA) is 56.9 Å². The molecule has 0 bridgehead atoms. The van der Waals surface area contributed by atoms with E-state index in [2.05, 4.69) is 45.0 Å². The minimum absolute atomic E-state index is 0.0393. The van der Waals surface area contributed by atoms with E-state index < -0.39 is 0 Å². The number of fused-ring (bicyclic) bond motifs is 1. The third kappa shape index (κ3) is 5.25. The first-order chi connectivity index (χ1) is 17.1. The van der Waals surface area contributed by atoms with E-state index in [-0.39, 0.29) is 17.9 Å². The summed E-state index contributed by atoms with van der Waals surface area (Å²) in [5, 5.41) is 3.73. The van der Waals surface area contributed by atoms with Crippen molar-refractivity contribution < 1.29 is 9.13 Å². The molecule has 5 rings (SSSR count). The number of nitrogens with zero attached hydrogens (tertiary/aromatic N) is 4. The van der Waals surface area contributed by atoms with Gasteiger partial charge in [-0.15, -0.1) is 0 Å². The minimum atomic E-state index is -0.241. The number of ether oxygens (including phenoxy) is 1. The molecule has 7 heteroatoms. The van der Waals surface area contributed by atoms with Crippen LogP contribution in [-0.2, 0) is 20.2 Å². The van der Waals surface area contributed by atoms with Gasteiger partial charge in [0.2, 0.25) is 0 Å². The zero-order chi connectivity index (χ0) is 24.2. The number of halogens is 1. The zero-order valence-corrected chi connectivity index (χ0v) is 19.8. The lowest BCUT2D eigenvalue weighted by Crippen LogP contribution is -2.28. The molecule has 1 N–H and O–H groups in total. The summed E-state index contributed by atoms with van der Waals surface area (Å²) in [4.78, 5) is 8.81. The molecule has 35 heavy (non-hydrogen) atoms. The first-order valence-electron chi connectivity index (χ1n) is 11.7. The Labute approximate surface area is 204 Å². The van der Waals surface area contributed by atoms with Crippen LogP contribution in [0, 0.1) is 5.82 Å². The van der Waals surface area contributed by atoms with Crippen molar-refractivity contribution in [2.24, 2.45) is 7.05 Å². The number of hydrogen-bond acceptors (Lipinski definition) is 4. The van der Waals surface area contributed by atoms with Gasteiger partial charge in [0.05, 0.1) is 23.4 Å². The van der Waals surface area contributed by atoms with Crippen molar-refractivity contribution in [3.63, 3.8) is 0 Å². The Bertz CT molecular complexity index is 1390. The maximum atomic E-state index is 13.6. The fraction of sp³-hybridized carbons (Fsp3) is 0.214. The molecule has 0 saturated heterocycles. The molecule has 0 amide bonds. The number of para-hydroxylation sites is 2. The second-order valence-corrected chi connectivity index (χ2v) is 8.69. The van der Waals surface area contributed by atoms with Crippen LogP contribution in [0.15, 0.2) is 91.5 Å². The standard InChI is InChI=1S/C28H28FN5O/c1-20(21-9-13-24(14-10-21)35-18-28-30-15-16-33(28)2)32-26(22-7-11-23(29)12-8-22)17-34-19-31-25-5-3-4-6-27(25)34/h3-16,19-20,26,32H,17-18H2,1-2H3. The van der Waals surface area contributed by atoms with Gasteiger partial charge in [-0.1, -0.05) is 36.4 Å². The summed E-state index contributed by atoms with van der Waals surface area (Å²) in [6.45, 7) is 3.22. The lowest BCUT2D eigenvalue weighted by Gasteiger charge is -2.25. The highest BCUT2D eigenvalue weighted by molar-refractivity contribution is 5.74. The third-order valence-corrected chi connectivity index (χ3v) is 6.30. The van der Waals surface area contributed by atoms with Gasteiger partial charge in [0.25, 0.3) is 0 Å². The Balaban J connectivity index is 1.31. The van der Waals surface area contributed by atoms with Crippen LogP contribution < -0.4 is 10.1 Å². The lowest BCUT2D eigenvalue weighted by molar-refractivity contribution is 0.291. The van der Waals surface area contributed by atoms with E-state index >= 15 is 0 Å². The molecule has 2 aromatic heterocycles. The SMILES string of the molecule is CC(NC(Cn1cnc2ccccc21)c1ccc(F)cc1)c1ccc(OCc2nccn2C)cc1. The molecule has 2 unspecified atom stereocenters. The molecule has 0 aliphatic carbocycles. The van der Waals surface area contributed by atoms with E-state index in [1.165, 1.54) is 12.1 Å². The monoisotopic (exact) mass is 469 g/mol. The molecule has 0 aliphatic heterocycles. The van der Waals surface area contributed by atoms with Crippen LogP contribution in [0.2, 0.25) is 0 Å². The van der Waals surface area contributed by atoms with Crippen molar-refractivity contribution in [1.82, 2.24) is 24.4 Å². The van der Waals surface area contributed by atoms with Gasteiger partial charge in [-0.3, -0.25) is 0 Å². The Kier molecular flexibility index (Phi) is 6.59. The maximum absolute atomic E-state index is 13.6. The average molecular weight is 470 g/mol. The van der Waals surface area contributed by atoms with Gasteiger partial charge in [-0.2, -0.15) is 0 Å². The molecule has 0 saturated carbocycles. The molecule has 0 spiro atoms. The molecule has 3 aromatic carbocycles. The van der Waals surface area contributed by atoms with Crippen molar-refractivity contribution in [2.75, 3.05) is 0 Å². The lowest BCUT2D eigenvalue weighted by atomic mass is 10.0. The highest BCUT2D eigenvalue weighted by Crippen LogP contribution is 2.25. The summed E-state index contributed by atoms with van der Waals surface area (Å²) in [6, 6.07) is 22.9.